The van der Waals surface area contributed by atoms with E-state index < -0.39 is 5.41 Å². The first-order chi connectivity index (χ1) is 17.2. The lowest BCUT2D eigenvalue weighted by Gasteiger charge is -2.36. The van der Waals surface area contributed by atoms with Crippen LogP contribution in [-0.4, -0.2) is 64.9 Å². The highest BCUT2D eigenvalue weighted by molar-refractivity contribution is 5.89. The molecule has 0 aliphatic carbocycles. The van der Waals surface area contributed by atoms with Crippen molar-refractivity contribution in [3.8, 4) is 11.5 Å². The zero-order valence-corrected chi connectivity index (χ0v) is 22.8. The number of carbonyl (C=O) groups is 2. The predicted octanol–water partition coefficient (Wildman–Crippen LogP) is 4.90. The molecule has 36 heavy (non-hydrogen) atoms. The first-order valence-corrected chi connectivity index (χ1v) is 12.5. The molecule has 2 rings (SSSR count). The first kappa shape index (κ1) is 29.2. The van der Waals surface area contributed by atoms with Gasteiger partial charge < -0.3 is 23.8 Å². The zero-order chi connectivity index (χ0) is 26.7. The van der Waals surface area contributed by atoms with Crippen LogP contribution in [0.4, 0.5) is 0 Å². The van der Waals surface area contributed by atoms with E-state index in [0.29, 0.717) is 30.1 Å². The van der Waals surface area contributed by atoms with Crippen LogP contribution >= 0.6 is 0 Å². The third-order valence-electron chi connectivity index (χ3n) is 6.79. The van der Waals surface area contributed by atoms with Crippen molar-refractivity contribution in [3.05, 3.63) is 59.2 Å². The smallest absolute Gasteiger partial charge is 0.338 e. The van der Waals surface area contributed by atoms with E-state index in [4.69, 9.17) is 18.9 Å². The maximum absolute atomic E-state index is 13.2. The van der Waals surface area contributed by atoms with Gasteiger partial charge in [-0.15, -0.1) is 0 Å². The standard InChI is InChI=1S/C29H41NO6/c1-8-36-27(31)23-12-10-22(11-13-23)16-19-30(4)18-9-17-29(21(2)3,28(32)35-7)24-14-15-25(33-5)26(20-24)34-6/h10-15,20-21H,8-9,16-19H2,1-7H3/t29-/m0/s1. The molecule has 0 aliphatic rings. The van der Waals surface area contributed by atoms with Gasteiger partial charge in [-0.3, -0.25) is 4.79 Å². The van der Waals surface area contributed by atoms with E-state index in [-0.39, 0.29) is 17.9 Å². The number of benzene rings is 2. The van der Waals surface area contributed by atoms with Gasteiger partial charge in [-0.1, -0.05) is 32.0 Å². The Hall–Kier alpha value is -3.06. The molecule has 0 heterocycles. The predicted molar refractivity (Wildman–Crippen MR) is 141 cm³/mol. The summed E-state index contributed by atoms with van der Waals surface area (Å²) in [6.45, 7) is 7.97. The summed E-state index contributed by atoms with van der Waals surface area (Å²) in [6, 6.07) is 13.2. The topological polar surface area (TPSA) is 74.3 Å². The molecule has 0 aromatic heterocycles. The van der Waals surface area contributed by atoms with Gasteiger partial charge in [-0.25, -0.2) is 4.79 Å². The number of nitrogens with zero attached hydrogens (tertiary/aromatic N) is 1. The first-order valence-electron chi connectivity index (χ1n) is 12.5. The minimum absolute atomic E-state index is 0.0197. The highest BCUT2D eigenvalue weighted by atomic mass is 16.5. The average Bonchev–Trinajstić information content (AvgIpc) is 2.89. The quantitative estimate of drug-likeness (QED) is 0.342. The number of ether oxygens (including phenoxy) is 4. The summed E-state index contributed by atoms with van der Waals surface area (Å²) in [6.07, 6.45) is 2.33. The Bertz CT molecular complexity index is 988. The van der Waals surface area contributed by atoms with E-state index in [2.05, 4.69) is 25.8 Å². The fraction of sp³-hybridized carbons (Fsp3) is 0.517. The zero-order valence-electron chi connectivity index (χ0n) is 22.8. The minimum atomic E-state index is -0.794. The second-order valence-electron chi connectivity index (χ2n) is 9.26. The molecule has 198 valence electrons. The van der Waals surface area contributed by atoms with Gasteiger partial charge in [0, 0.05) is 6.54 Å². The van der Waals surface area contributed by atoms with Crippen LogP contribution in [0.2, 0.25) is 0 Å². The van der Waals surface area contributed by atoms with Crippen LogP contribution < -0.4 is 9.47 Å². The second kappa shape index (κ2) is 13.9. The molecule has 2 aromatic rings. The van der Waals surface area contributed by atoms with E-state index in [9.17, 15) is 9.59 Å². The van der Waals surface area contributed by atoms with Gasteiger partial charge in [-0.2, -0.15) is 0 Å². The van der Waals surface area contributed by atoms with Crippen LogP contribution in [0.1, 0.15) is 55.1 Å². The van der Waals surface area contributed by atoms with Crippen LogP contribution in [-0.2, 0) is 26.1 Å². The van der Waals surface area contributed by atoms with Crippen molar-refractivity contribution in [2.24, 2.45) is 5.92 Å². The molecule has 7 nitrogen and oxygen atoms in total. The largest absolute Gasteiger partial charge is 0.493 e. The van der Waals surface area contributed by atoms with Crippen molar-refractivity contribution in [1.29, 1.82) is 0 Å². The Morgan fingerprint density at radius 3 is 2.17 bits per heavy atom. The average molecular weight is 500 g/mol. The van der Waals surface area contributed by atoms with Crippen LogP contribution in [0.3, 0.4) is 0 Å². The molecule has 0 amide bonds. The Labute approximate surface area is 215 Å². The minimum Gasteiger partial charge on any atom is -0.493 e. The molecule has 0 saturated carbocycles. The van der Waals surface area contributed by atoms with E-state index in [0.717, 1.165) is 37.1 Å². The molecule has 2 aromatic carbocycles. The van der Waals surface area contributed by atoms with Crippen LogP contribution in [0.5, 0.6) is 11.5 Å². The van der Waals surface area contributed by atoms with Crippen molar-refractivity contribution in [2.45, 2.75) is 45.4 Å². The molecule has 0 N–H and O–H groups in total. The molecule has 0 aliphatic heterocycles. The Morgan fingerprint density at radius 1 is 0.944 bits per heavy atom. The SMILES string of the molecule is CCOC(=O)c1ccc(CCN(C)CCC[C@@](C(=O)OC)(c2ccc(OC)c(OC)c2)C(C)C)cc1. The molecular weight excluding hydrogens is 458 g/mol. The fourth-order valence-electron chi connectivity index (χ4n) is 4.60. The van der Waals surface area contributed by atoms with Crippen molar-refractivity contribution < 1.29 is 28.5 Å². The van der Waals surface area contributed by atoms with Crippen molar-refractivity contribution in [3.63, 3.8) is 0 Å². The van der Waals surface area contributed by atoms with Crippen LogP contribution in [0, 0.1) is 5.92 Å². The summed E-state index contributed by atoms with van der Waals surface area (Å²) in [7, 11) is 6.71. The molecular formula is C29H41NO6. The number of hydrogen-bond donors (Lipinski definition) is 0. The summed E-state index contributed by atoms with van der Waals surface area (Å²) in [5.74, 6) is 0.698. The van der Waals surface area contributed by atoms with Crippen LogP contribution in [0.25, 0.3) is 0 Å². The van der Waals surface area contributed by atoms with Gasteiger partial charge in [0.1, 0.15) is 0 Å². The summed E-state index contributed by atoms with van der Waals surface area (Å²) < 4.78 is 21.2. The number of rotatable bonds is 14. The lowest BCUT2D eigenvalue weighted by molar-refractivity contribution is -0.150. The normalized spacial score (nSPS) is 12.8. The maximum atomic E-state index is 13.2. The number of likely N-dealkylation sites (N-methyl/N-ethyl adjacent to an activating group) is 1. The summed E-state index contributed by atoms with van der Waals surface area (Å²) in [4.78, 5) is 27.3. The second-order valence-corrected chi connectivity index (χ2v) is 9.26. The Balaban J connectivity index is 2.06. The fourth-order valence-corrected chi connectivity index (χ4v) is 4.60. The highest BCUT2D eigenvalue weighted by Gasteiger charge is 2.44. The number of hydrogen-bond acceptors (Lipinski definition) is 7. The van der Waals surface area contributed by atoms with E-state index >= 15 is 0 Å². The van der Waals surface area contributed by atoms with Crippen LogP contribution in [0.15, 0.2) is 42.5 Å². The molecule has 1 atom stereocenters. The third-order valence-corrected chi connectivity index (χ3v) is 6.79. The van der Waals surface area contributed by atoms with Crippen molar-refractivity contribution >= 4 is 11.9 Å². The van der Waals surface area contributed by atoms with Crippen molar-refractivity contribution in [1.82, 2.24) is 4.90 Å². The van der Waals surface area contributed by atoms with E-state index in [1.807, 2.05) is 42.5 Å². The van der Waals surface area contributed by atoms with Gasteiger partial charge >= 0.3 is 11.9 Å². The van der Waals surface area contributed by atoms with Gasteiger partial charge in [-0.05, 0) is 81.1 Å². The number of carbonyl (C=O) groups excluding carboxylic acids is 2. The monoisotopic (exact) mass is 499 g/mol. The van der Waals surface area contributed by atoms with Gasteiger partial charge in [0.05, 0.1) is 38.9 Å². The molecule has 7 heteroatoms. The lowest BCUT2D eigenvalue weighted by atomic mass is 9.68. The number of esters is 2. The third kappa shape index (κ3) is 7.00. The van der Waals surface area contributed by atoms with E-state index in [1.54, 1.807) is 21.1 Å². The highest BCUT2D eigenvalue weighted by Crippen LogP contribution is 2.41. The summed E-state index contributed by atoms with van der Waals surface area (Å²) in [5.41, 5.74) is 1.80. The lowest BCUT2D eigenvalue weighted by Crippen LogP contribution is -2.42. The molecule has 0 radical (unpaired) electrons. The maximum Gasteiger partial charge on any atom is 0.338 e. The molecule has 0 bridgehead atoms. The van der Waals surface area contributed by atoms with Gasteiger partial charge in [0.15, 0.2) is 11.5 Å². The Morgan fingerprint density at radius 2 is 1.61 bits per heavy atom. The molecule has 0 spiro atoms. The summed E-state index contributed by atoms with van der Waals surface area (Å²) >= 11 is 0. The molecule has 0 unspecified atom stereocenters. The van der Waals surface area contributed by atoms with E-state index in [1.165, 1.54) is 7.11 Å². The van der Waals surface area contributed by atoms with Gasteiger partial charge in [0.25, 0.3) is 0 Å². The van der Waals surface area contributed by atoms with Crippen molar-refractivity contribution in [2.75, 3.05) is 48.1 Å². The number of methoxy groups -OCH3 is 3. The van der Waals surface area contributed by atoms with Gasteiger partial charge in [0.2, 0.25) is 0 Å². The molecule has 0 saturated heterocycles. The Kier molecular flexibility index (Phi) is 11.2. The molecule has 0 fully saturated rings. The summed E-state index contributed by atoms with van der Waals surface area (Å²) in [5, 5.41) is 0.